The van der Waals surface area contributed by atoms with Crippen LogP contribution in [0.25, 0.3) is 0 Å². The fourth-order valence-corrected chi connectivity index (χ4v) is 8.48. The van der Waals surface area contributed by atoms with Crippen LogP contribution in [0.4, 0.5) is 4.39 Å². The molecule has 2 aromatic carbocycles. The first-order chi connectivity index (χ1) is 18.0. The highest BCUT2D eigenvalue weighted by atomic mass is 127. The van der Waals surface area contributed by atoms with Crippen molar-refractivity contribution in [3.8, 4) is 5.75 Å². The number of hydrogen-bond acceptors (Lipinski definition) is 4. The Morgan fingerprint density at radius 3 is 2.45 bits per heavy atom. The predicted octanol–water partition coefficient (Wildman–Crippen LogP) is 3.58. The molecule has 5 nitrogen and oxygen atoms in total. The highest BCUT2D eigenvalue weighted by Gasteiger charge is 2.54. The second-order valence-corrected chi connectivity index (χ2v) is 12.5. The van der Waals surface area contributed by atoms with E-state index in [0.717, 1.165) is 67.4 Å². The van der Waals surface area contributed by atoms with Gasteiger partial charge in [0, 0.05) is 30.9 Å². The predicted molar refractivity (Wildman–Crippen MR) is 148 cm³/mol. The second-order valence-electron chi connectivity index (χ2n) is 11.2. The Bertz CT molecular complexity index is 1210. The van der Waals surface area contributed by atoms with Crippen molar-refractivity contribution in [2.45, 2.75) is 67.2 Å². The summed E-state index contributed by atoms with van der Waals surface area (Å²) in [5, 5.41) is 16.7. The van der Waals surface area contributed by atoms with Crippen molar-refractivity contribution in [3.05, 3.63) is 83.5 Å². The number of nitrogens with zero attached hydrogens (tertiary/aromatic N) is 2. The Morgan fingerprint density at radius 1 is 1.00 bits per heavy atom. The van der Waals surface area contributed by atoms with Crippen molar-refractivity contribution in [1.82, 2.24) is 5.16 Å². The largest absolute Gasteiger partial charge is 1.00 e. The zero-order valence-electron chi connectivity index (χ0n) is 21.4. The number of hydrogen-bond donors (Lipinski definition) is 1. The minimum Gasteiger partial charge on any atom is -1.00 e. The summed E-state index contributed by atoms with van der Waals surface area (Å²) in [6, 6.07) is 18.4. The van der Waals surface area contributed by atoms with Gasteiger partial charge in [0.05, 0.1) is 13.1 Å². The van der Waals surface area contributed by atoms with Gasteiger partial charge in [0.1, 0.15) is 29.4 Å². The monoisotopic (exact) mass is 652 g/mol. The molecule has 2 unspecified atom stereocenters. The molecule has 3 aliphatic heterocycles. The maximum Gasteiger partial charge on any atom is 0.191 e. The van der Waals surface area contributed by atoms with E-state index in [0.29, 0.717) is 23.9 Å². The Hall–Kier alpha value is -1.68. The van der Waals surface area contributed by atoms with Gasteiger partial charge in [-0.2, -0.15) is 0 Å². The number of benzene rings is 2. The quantitative estimate of drug-likeness (QED) is 0.184. The van der Waals surface area contributed by atoms with Gasteiger partial charge in [-0.25, -0.2) is 4.39 Å². The number of aliphatic hydroxyl groups is 1. The molecule has 38 heavy (non-hydrogen) atoms. The van der Waals surface area contributed by atoms with Crippen molar-refractivity contribution >= 4 is 22.6 Å². The first-order valence-corrected chi connectivity index (χ1v) is 14.9. The van der Waals surface area contributed by atoms with Crippen LogP contribution in [0.5, 0.6) is 5.75 Å². The molecule has 8 heteroatoms. The summed E-state index contributed by atoms with van der Waals surface area (Å²) in [6.45, 7) is 2.83. The number of ether oxygens (including phenoxy) is 1. The number of halogens is 3. The third kappa shape index (κ3) is 5.11. The van der Waals surface area contributed by atoms with Gasteiger partial charge in [-0.3, -0.25) is 0 Å². The lowest BCUT2D eigenvalue weighted by atomic mass is 9.71. The third-order valence-electron chi connectivity index (χ3n) is 9.05. The Balaban J connectivity index is 0.00000294. The van der Waals surface area contributed by atoms with E-state index in [1.54, 1.807) is 6.07 Å². The van der Waals surface area contributed by atoms with Gasteiger partial charge in [0.25, 0.3) is 0 Å². The van der Waals surface area contributed by atoms with E-state index >= 15 is 0 Å². The van der Waals surface area contributed by atoms with Crippen molar-refractivity contribution < 1.29 is 35.6 Å². The average Bonchev–Trinajstić information content (AvgIpc) is 3.40. The van der Waals surface area contributed by atoms with Crippen molar-refractivity contribution in [3.63, 3.8) is 0 Å². The topological polar surface area (TPSA) is 55.5 Å². The van der Waals surface area contributed by atoms with Crippen LogP contribution in [0.2, 0.25) is 0 Å². The molecule has 2 bridgehead atoms. The van der Waals surface area contributed by atoms with Crippen LogP contribution in [-0.2, 0) is 12.1 Å². The molecule has 0 amide bonds. The lowest BCUT2D eigenvalue weighted by Crippen LogP contribution is -3.00. The molecule has 4 heterocycles. The summed E-state index contributed by atoms with van der Waals surface area (Å²) in [5.74, 6) is 1.74. The molecule has 3 aromatic rings. The van der Waals surface area contributed by atoms with E-state index in [4.69, 9.17) is 9.26 Å². The molecule has 1 aliphatic carbocycles. The number of fused-ring (bicyclic) bond motifs is 3. The van der Waals surface area contributed by atoms with Gasteiger partial charge in [0.2, 0.25) is 0 Å². The molecule has 4 fully saturated rings. The fourth-order valence-electron chi connectivity index (χ4n) is 6.99. The standard InChI is InChI=1S/C30H35FIN2O3.ClH/c31-24-12-7-13-25(18-24)36-28-21-14-16-34(17-15-21,29(28)32)20-26-19-27(33-37-26)30(35,22-8-3-1-4-9-22)23-10-5-2-6-11-23;/h1,3-4,7-9,12-13,18-19,21,23,28-29,35H,2,5-6,10-11,14-17,20H2;1H/q+1;/p-1/t21?,28?,29?,30-,34?;/m0./s1. The molecule has 1 N–H and O–H groups in total. The molecule has 0 spiro atoms. The zero-order valence-corrected chi connectivity index (χ0v) is 24.4. The van der Waals surface area contributed by atoms with E-state index in [1.165, 1.54) is 18.6 Å². The van der Waals surface area contributed by atoms with E-state index in [-0.39, 0.29) is 34.3 Å². The van der Waals surface area contributed by atoms with Crippen molar-refractivity contribution in [2.24, 2.45) is 11.8 Å². The van der Waals surface area contributed by atoms with E-state index in [1.807, 2.05) is 42.5 Å². The Labute approximate surface area is 243 Å². The summed E-state index contributed by atoms with van der Waals surface area (Å²) in [4.78, 5) is 0. The fraction of sp³-hybridized carbons (Fsp3) is 0.500. The van der Waals surface area contributed by atoms with Gasteiger partial charge in [0.15, 0.2) is 15.9 Å². The van der Waals surface area contributed by atoms with E-state index in [9.17, 15) is 9.50 Å². The molecule has 0 radical (unpaired) electrons. The molecule has 7 rings (SSSR count). The van der Waals surface area contributed by atoms with Crippen LogP contribution >= 0.6 is 22.6 Å². The van der Waals surface area contributed by atoms with Crippen LogP contribution in [0.1, 0.15) is 62.0 Å². The normalized spacial score (nSPS) is 28.9. The highest BCUT2D eigenvalue weighted by Crippen LogP contribution is 2.46. The minimum absolute atomic E-state index is 0. The van der Waals surface area contributed by atoms with Crippen LogP contribution in [0, 0.1) is 17.7 Å². The third-order valence-corrected chi connectivity index (χ3v) is 10.9. The lowest BCUT2D eigenvalue weighted by molar-refractivity contribution is -0.964. The number of piperidine rings is 3. The summed E-state index contributed by atoms with van der Waals surface area (Å²) < 4.78 is 27.2. The van der Waals surface area contributed by atoms with Gasteiger partial charge in [-0.1, -0.05) is 60.8 Å². The molecule has 4 aliphatic rings. The maximum absolute atomic E-state index is 13.8. The first-order valence-electron chi connectivity index (χ1n) is 13.6. The summed E-state index contributed by atoms with van der Waals surface area (Å²) in [5.41, 5.74) is 0.372. The molecular weight excluding hydrogens is 618 g/mol. The number of quaternary nitrogens is 1. The minimum atomic E-state index is -1.15. The first kappa shape index (κ1) is 27.9. The van der Waals surface area contributed by atoms with E-state index in [2.05, 4.69) is 27.7 Å². The number of alkyl halides is 1. The summed E-state index contributed by atoms with van der Waals surface area (Å²) in [7, 11) is 0. The van der Waals surface area contributed by atoms with E-state index < -0.39 is 5.60 Å². The van der Waals surface area contributed by atoms with Gasteiger partial charge >= 0.3 is 0 Å². The van der Waals surface area contributed by atoms with Crippen LogP contribution in [-0.4, -0.2) is 38.0 Å². The van der Waals surface area contributed by atoms with Crippen LogP contribution < -0.4 is 17.1 Å². The van der Waals surface area contributed by atoms with Gasteiger partial charge in [-0.15, -0.1) is 0 Å². The molecule has 1 aromatic heterocycles. The summed E-state index contributed by atoms with van der Waals surface area (Å²) >= 11 is 2.54. The Morgan fingerprint density at radius 2 is 1.74 bits per heavy atom. The van der Waals surface area contributed by atoms with Crippen molar-refractivity contribution in [2.75, 3.05) is 13.1 Å². The van der Waals surface area contributed by atoms with Gasteiger partial charge < -0.3 is 31.3 Å². The molecule has 204 valence electrons. The zero-order chi connectivity index (χ0) is 25.5. The molecule has 1 saturated carbocycles. The van der Waals surface area contributed by atoms with Gasteiger partial charge in [-0.05, 0) is 59.0 Å². The second kappa shape index (κ2) is 11.4. The smallest absolute Gasteiger partial charge is 0.191 e. The van der Waals surface area contributed by atoms with Crippen LogP contribution in [0.15, 0.2) is 65.2 Å². The average molecular weight is 653 g/mol. The van der Waals surface area contributed by atoms with Crippen LogP contribution in [0.3, 0.4) is 0 Å². The number of aromatic nitrogens is 1. The highest BCUT2D eigenvalue weighted by molar-refractivity contribution is 14.1. The summed E-state index contributed by atoms with van der Waals surface area (Å²) in [6.07, 6.45) is 7.66. The number of rotatable bonds is 7. The molecule has 3 atom stereocenters. The van der Waals surface area contributed by atoms with Crippen molar-refractivity contribution in [1.29, 1.82) is 0 Å². The maximum atomic E-state index is 13.8. The lowest BCUT2D eigenvalue weighted by Gasteiger charge is -2.55. The Kier molecular flexibility index (Phi) is 8.39. The molecular formula is C30H35ClFIN2O3. The molecule has 3 saturated heterocycles. The SMILES string of the molecule is O[C@](c1ccccc1)(c1cc(C[N+]23CCC(CC2)C(Oc2cccc(F)c2)C3I)on1)C1CCCCC1.[Cl-].